The molecule has 7 nitrogen and oxygen atoms in total. The summed E-state index contributed by atoms with van der Waals surface area (Å²) in [7, 11) is 1.84. The summed E-state index contributed by atoms with van der Waals surface area (Å²) < 4.78 is 1.65. The zero-order valence-electron chi connectivity index (χ0n) is 18.3. The van der Waals surface area contributed by atoms with Gasteiger partial charge in [-0.2, -0.15) is 10.4 Å². The predicted octanol–water partition coefficient (Wildman–Crippen LogP) is 3.20. The Bertz CT molecular complexity index is 892. The fourth-order valence-corrected chi connectivity index (χ4v) is 4.21. The van der Waals surface area contributed by atoms with Crippen LogP contribution in [0.4, 0.5) is 5.82 Å². The number of anilines is 1. The number of rotatable bonds is 7. The van der Waals surface area contributed by atoms with Crippen LogP contribution < -0.4 is 11.1 Å². The van der Waals surface area contributed by atoms with Gasteiger partial charge in [0.1, 0.15) is 17.5 Å². The normalized spacial score (nSPS) is 16.8. The zero-order chi connectivity index (χ0) is 21.5. The van der Waals surface area contributed by atoms with Crippen LogP contribution in [0.5, 0.6) is 0 Å². The van der Waals surface area contributed by atoms with Gasteiger partial charge in [-0.25, -0.2) is 4.68 Å². The van der Waals surface area contributed by atoms with Crippen molar-refractivity contribution in [3.63, 3.8) is 0 Å². The third kappa shape index (κ3) is 5.12. The van der Waals surface area contributed by atoms with Crippen LogP contribution in [-0.2, 0) is 6.42 Å². The standard InChI is InChI=1S/C23H33N7/c1-17(2)14-18-11-13-29(16-18)23(26-3)27-12-7-10-21-20(15-24)22(25)30(28-21)19-8-5-4-6-9-19/h4-6,8-9,17-18H,7,10-14,16,25H2,1-3H3,(H,26,27). The molecular weight excluding hydrogens is 374 g/mol. The highest BCUT2D eigenvalue weighted by Gasteiger charge is 2.25. The summed E-state index contributed by atoms with van der Waals surface area (Å²) in [6, 6.07) is 11.9. The number of nitrogens with two attached hydrogens (primary N) is 1. The van der Waals surface area contributed by atoms with Gasteiger partial charge in [-0.1, -0.05) is 32.0 Å². The molecule has 160 valence electrons. The number of hydrogen-bond donors (Lipinski definition) is 2. The molecule has 1 unspecified atom stereocenters. The van der Waals surface area contributed by atoms with Crippen molar-refractivity contribution in [1.82, 2.24) is 20.0 Å². The van der Waals surface area contributed by atoms with Crippen LogP contribution in [0.1, 0.15) is 44.4 Å². The fourth-order valence-electron chi connectivity index (χ4n) is 4.21. The summed E-state index contributed by atoms with van der Waals surface area (Å²) in [6.07, 6.45) is 4.05. The van der Waals surface area contributed by atoms with Crippen LogP contribution in [0.15, 0.2) is 35.3 Å². The van der Waals surface area contributed by atoms with Crippen molar-refractivity contribution in [2.24, 2.45) is 16.8 Å². The summed E-state index contributed by atoms with van der Waals surface area (Å²) in [5.41, 5.74) is 8.27. The number of para-hydroxylation sites is 1. The fraction of sp³-hybridized carbons (Fsp3) is 0.522. The third-order valence-corrected chi connectivity index (χ3v) is 5.58. The number of guanidine groups is 1. The monoisotopic (exact) mass is 407 g/mol. The van der Waals surface area contributed by atoms with Crippen LogP contribution in [-0.4, -0.2) is 47.3 Å². The van der Waals surface area contributed by atoms with E-state index in [2.05, 4.69) is 40.2 Å². The molecule has 0 amide bonds. The molecule has 0 spiro atoms. The highest BCUT2D eigenvalue weighted by molar-refractivity contribution is 5.80. The first-order valence-corrected chi connectivity index (χ1v) is 10.8. The molecular formula is C23H33N7. The average Bonchev–Trinajstić information content (AvgIpc) is 3.32. The van der Waals surface area contributed by atoms with Crippen LogP contribution in [0.25, 0.3) is 5.69 Å². The molecule has 1 saturated heterocycles. The number of nitrogen functional groups attached to an aromatic ring is 1. The highest BCUT2D eigenvalue weighted by Crippen LogP contribution is 2.23. The van der Waals surface area contributed by atoms with Gasteiger partial charge in [0.15, 0.2) is 5.96 Å². The van der Waals surface area contributed by atoms with Gasteiger partial charge in [-0.05, 0) is 49.7 Å². The second-order valence-corrected chi connectivity index (χ2v) is 8.37. The molecule has 0 radical (unpaired) electrons. The molecule has 1 aromatic heterocycles. The summed E-state index contributed by atoms with van der Waals surface area (Å²) in [4.78, 5) is 6.82. The second kappa shape index (κ2) is 10.1. The Morgan fingerprint density at radius 2 is 2.13 bits per heavy atom. The zero-order valence-corrected chi connectivity index (χ0v) is 18.3. The van der Waals surface area contributed by atoms with E-state index in [1.807, 2.05) is 37.4 Å². The van der Waals surface area contributed by atoms with E-state index >= 15 is 0 Å². The number of nitrogens with one attached hydrogen (secondary N) is 1. The van der Waals surface area contributed by atoms with Crippen molar-refractivity contribution in [1.29, 1.82) is 5.26 Å². The van der Waals surface area contributed by atoms with E-state index in [9.17, 15) is 5.26 Å². The second-order valence-electron chi connectivity index (χ2n) is 8.37. The predicted molar refractivity (Wildman–Crippen MR) is 122 cm³/mol. The molecule has 1 aliphatic rings. The molecule has 2 heterocycles. The Morgan fingerprint density at radius 3 is 2.80 bits per heavy atom. The van der Waals surface area contributed by atoms with Crippen LogP contribution >= 0.6 is 0 Å². The number of hydrogen-bond acceptors (Lipinski definition) is 4. The first-order chi connectivity index (χ1) is 14.5. The van der Waals surface area contributed by atoms with Crippen LogP contribution in [0.3, 0.4) is 0 Å². The van der Waals surface area contributed by atoms with Crippen molar-refractivity contribution in [2.45, 2.75) is 39.5 Å². The minimum atomic E-state index is 0.399. The topological polar surface area (TPSA) is 95.3 Å². The first kappa shape index (κ1) is 21.7. The van der Waals surface area contributed by atoms with E-state index in [0.29, 0.717) is 17.8 Å². The summed E-state index contributed by atoms with van der Waals surface area (Å²) >= 11 is 0. The van der Waals surface area contributed by atoms with E-state index in [0.717, 1.165) is 55.2 Å². The summed E-state index contributed by atoms with van der Waals surface area (Å²) in [6.45, 7) is 7.50. The molecule has 1 aromatic carbocycles. The molecule has 1 aliphatic heterocycles. The first-order valence-electron chi connectivity index (χ1n) is 10.8. The maximum Gasteiger partial charge on any atom is 0.193 e. The van der Waals surface area contributed by atoms with E-state index in [-0.39, 0.29) is 0 Å². The maximum absolute atomic E-state index is 9.55. The molecule has 1 atom stereocenters. The molecule has 2 aromatic rings. The van der Waals surface area contributed by atoms with Gasteiger partial charge in [0, 0.05) is 26.7 Å². The minimum absolute atomic E-state index is 0.399. The van der Waals surface area contributed by atoms with Gasteiger partial charge in [-0.15, -0.1) is 0 Å². The van der Waals surface area contributed by atoms with E-state index in [1.165, 1.54) is 12.8 Å². The molecule has 1 fully saturated rings. The lowest BCUT2D eigenvalue weighted by Gasteiger charge is -2.22. The van der Waals surface area contributed by atoms with Crippen molar-refractivity contribution < 1.29 is 0 Å². The lowest BCUT2D eigenvalue weighted by atomic mass is 9.97. The Hall–Kier alpha value is -3.01. The van der Waals surface area contributed by atoms with Crippen LogP contribution in [0.2, 0.25) is 0 Å². The number of aromatic nitrogens is 2. The summed E-state index contributed by atoms with van der Waals surface area (Å²) in [5, 5.41) is 17.6. The Labute approximate surface area is 179 Å². The third-order valence-electron chi connectivity index (χ3n) is 5.58. The van der Waals surface area contributed by atoms with E-state index in [1.54, 1.807) is 4.68 Å². The molecule has 0 saturated carbocycles. The maximum atomic E-state index is 9.55. The Morgan fingerprint density at radius 1 is 1.37 bits per heavy atom. The van der Waals surface area contributed by atoms with Gasteiger partial charge in [0.25, 0.3) is 0 Å². The van der Waals surface area contributed by atoms with Crippen molar-refractivity contribution in [3.8, 4) is 11.8 Å². The van der Waals surface area contributed by atoms with E-state index in [4.69, 9.17) is 5.73 Å². The highest BCUT2D eigenvalue weighted by atomic mass is 15.3. The van der Waals surface area contributed by atoms with Gasteiger partial charge in [-0.3, -0.25) is 4.99 Å². The average molecular weight is 408 g/mol. The quantitative estimate of drug-likeness (QED) is 0.417. The van der Waals surface area contributed by atoms with Gasteiger partial charge < -0.3 is 16.0 Å². The van der Waals surface area contributed by atoms with Gasteiger partial charge in [0.2, 0.25) is 0 Å². The summed E-state index contributed by atoms with van der Waals surface area (Å²) in [5.74, 6) is 2.86. The number of aliphatic imine (C=N–C) groups is 1. The molecule has 3 rings (SSSR count). The van der Waals surface area contributed by atoms with Crippen molar-refractivity contribution in [2.75, 3.05) is 32.4 Å². The van der Waals surface area contributed by atoms with Crippen molar-refractivity contribution in [3.05, 3.63) is 41.6 Å². The lowest BCUT2D eigenvalue weighted by molar-refractivity contribution is 0.403. The molecule has 7 heteroatoms. The Balaban J connectivity index is 1.55. The smallest absolute Gasteiger partial charge is 0.193 e. The lowest BCUT2D eigenvalue weighted by Crippen LogP contribution is -2.40. The number of likely N-dealkylation sites (tertiary alicyclic amines) is 1. The SMILES string of the molecule is CN=C(NCCCc1nn(-c2ccccc2)c(N)c1C#N)N1CCC(CC(C)C)C1. The molecule has 0 bridgehead atoms. The van der Waals surface area contributed by atoms with E-state index < -0.39 is 0 Å². The largest absolute Gasteiger partial charge is 0.382 e. The number of nitriles is 1. The van der Waals surface area contributed by atoms with Gasteiger partial charge >= 0.3 is 0 Å². The molecule has 0 aliphatic carbocycles. The molecule has 30 heavy (non-hydrogen) atoms. The van der Waals surface area contributed by atoms with Crippen LogP contribution in [0, 0.1) is 23.2 Å². The number of benzene rings is 1. The minimum Gasteiger partial charge on any atom is -0.382 e. The van der Waals surface area contributed by atoms with Gasteiger partial charge in [0.05, 0.1) is 11.4 Å². The number of nitrogens with zero attached hydrogens (tertiary/aromatic N) is 5. The number of aryl methyl sites for hydroxylation is 1. The Kier molecular flexibility index (Phi) is 7.34. The van der Waals surface area contributed by atoms with Crippen molar-refractivity contribution >= 4 is 11.8 Å². The molecule has 3 N–H and O–H groups in total.